The Kier molecular flexibility index (Phi) is 4.14. The molecule has 1 aromatic rings. The minimum absolute atomic E-state index is 0. The Bertz CT molecular complexity index is 286. The summed E-state index contributed by atoms with van der Waals surface area (Å²) in [5.74, 6) is 0.0372. The fraction of sp³-hybridized carbons (Fsp3) is 0.111. The predicted octanol–water partition coefficient (Wildman–Crippen LogP) is 1.60. The molecule has 3 nitrogen and oxygen atoms in total. The van der Waals surface area contributed by atoms with Crippen molar-refractivity contribution in [2.45, 2.75) is 6.92 Å². The van der Waals surface area contributed by atoms with E-state index >= 15 is 0 Å². The van der Waals surface area contributed by atoms with Crippen LogP contribution in [0.15, 0.2) is 24.3 Å². The first-order valence-electron chi connectivity index (χ1n) is 3.56. The van der Waals surface area contributed by atoms with E-state index in [-0.39, 0.29) is 24.0 Å². The van der Waals surface area contributed by atoms with Gasteiger partial charge in [0.15, 0.2) is 5.78 Å². The predicted molar refractivity (Wildman–Crippen MR) is 54.7 cm³/mol. The molecule has 0 atom stereocenters. The number of benzene rings is 1. The Morgan fingerprint density at radius 2 is 1.62 bits per heavy atom. The Labute approximate surface area is 82.9 Å². The van der Waals surface area contributed by atoms with Gasteiger partial charge in [0.2, 0.25) is 0 Å². The SMILES string of the molecule is CC(=O)c1ccc(C(=N)N)cc1.Cl. The van der Waals surface area contributed by atoms with Crippen LogP contribution in [0, 0.1) is 5.41 Å². The zero-order valence-electron chi connectivity index (χ0n) is 7.20. The Hall–Kier alpha value is -1.35. The maximum absolute atomic E-state index is 10.8. The minimum Gasteiger partial charge on any atom is -0.384 e. The van der Waals surface area contributed by atoms with E-state index in [2.05, 4.69) is 0 Å². The highest BCUT2D eigenvalue weighted by Crippen LogP contribution is 2.03. The van der Waals surface area contributed by atoms with Gasteiger partial charge in [-0.15, -0.1) is 12.4 Å². The molecule has 0 aliphatic heterocycles. The quantitative estimate of drug-likeness (QED) is 0.431. The number of carbonyl (C=O) groups is 1. The van der Waals surface area contributed by atoms with Gasteiger partial charge in [-0.2, -0.15) is 0 Å². The molecule has 70 valence electrons. The van der Waals surface area contributed by atoms with Gasteiger partial charge in [0.25, 0.3) is 0 Å². The number of rotatable bonds is 2. The van der Waals surface area contributed by atoms with Gasteiger partial charge in [-0.3, -0.25) is 10.2 Å². The topological polar surface area (TPSA) is 66.9 Å². The van der Waals surface area contributed by atoms with Crippen molar-refractivity contribution in [3.8, 4) is 0 Å². The molecular weight excluding hydrogens is 188 g/mol. The first kappa shape index (κ1) is 11.6. The molecule has 0 amide bonds. The number of hydrogen-bond acceptors (Lipinski definition) is 2. The molecule has 0 radical (unpaired) electrons. The molecule has 4 heteroatoms. The summed E-state index contributed by atoms with van der Waals surface area (Å²) in [6.45, 7) is 1.50. The van der Waals surface area contributed by atoms with E-state index < -0.39 is 0 Å². The third-order valence-electron chi connectivity index (χ3n) is 1.60. The maximum atomic E-state index is 10.8. The summed E-state index contributed by atoms with van der Waals surface area (Å²) in [4.78, 5) is 10.8. The number of ketones is 1. The molecule has 0 fully saturated rings. The van der Waals surface area contributed by atoms with E-state index in [0.29, 0.717) is 11.1 Å². The van der Waals surface area contributed by atoms with Crippen LogP contribution in [0.5, 0.6) is 0 Å². The molecule has 1 aromatic carbocycles. The molecular formula is C9H11ClN2O. The van der Waals surface area contributed by atoms with E-state index in [0.717, 1.165) is 0 Å². The van der Waals surface area contributed by atoms with Crippen LogP contribution in [0.4, 0.5) is 0 Å². The van der Waals surface area contributed by atoms with Gasteiger partial charge >= 0.3 is 0 Å². The maximum Gasteiger partial charge on any atom is 0.159 e. The second-order valence-corrected chi connectivity index (χ2v) is 2.55. The highest BCUT2D eigenvalue weighted by molar-refractivity contribution is 5.98. The average Bonchev–Trinajstić information content (AvgIpc) is 2.04. The summed E-state index contributed by atoms with van der Waals surface area (Å²) in [6.07, 6.45) is 0. The molecule has 1 rings (SSSR count). The molecule has 13 heavy (non-hydrogen) atoms. The Balaban J connectivity index is 0.00000144. The summed E-state index contributed by atoms with van der Waals surface area (Å²) >= 11 is 0. The van der Waals surface area contributed by atoms with Crippen molar-refractivity contribution in [2.75, 3.05) is 0 Å². The number of nitrogen functional groups attached to an aromatic ring is 1. The molecule has 0 aliphatic carbocycles. The van der Waals surface area contributed by atoms with Crippen LogP contribution in [0.25, 0.3) is 0 Å². The molecule has 0 aliphatic rings. The van der Waals surface area contributed by atoms with E-state index in [1.54, 1.807) is 24.3 Å². The lowest BCUT2D eigenvalue weighted by molar-refractivity contribution is 0.101. The number of nitrogens with two attached hydrogens (primary N) is 1. The van der Waals surface area contributed by atoms with Crippen molar-refractivity contribution in [3.63, 3.8) is 0 Å². The lowest BCUT2D eigenvalue weighted by atomic mass is 10.1. The first-order valence-corrected chi connectivity index (χ1v) is 3.56. The number of nitrogens with one attached hydrogen (secondary N) is 1. The number of amidine groups is 1. The number of halogens is 1. The standard InChI is InChI=1S/C9H10N2O.ClH/c1-6(12)7-2-4-8(5-3-7)9(10)11;/h2-5H,1H3,(H3,10,11);1H. The highest BCUT2D eigenvalue weighted by atomic mass is 35.5. The summed E-state index contributed by atoms with van der Waals surface area (Å²) in [6, 6.07) is 6.66. The molecule has 0 aromatic heterocycles. The summed E-state index contributed by atoms with van der Waals surface area (Å²) in [7, 11) is 0. The minimum atomic E-state index is 0. The van der Waals surface area contributed by atoms with Crippen LogP contribution in [0.1, 0.15) is 22.8 Å². The zero-order chi connectivity index (χ0) is 9.14. The molecule has 0 spiro atoms. The Morgan fingerprint density at radius 1 is 1.23 bits per heavy atom. The fourth-order valence-electron chi connectivity index (χ4n) is 0.884. The van der Waals surface area contributed by atoms with E-state index in [4.69, 9.17) is 11.1 Å². The molecule has 0 heterocycles. The number of Topliss-reactive ketones (excluding diaryl/α,β-unsaturated/α-hetero) is 1. The van der Waals surface area contributed by atoms with E-state index in [1.165, 1.54) is 6.92 Å². The van der Waals surface area contributed by atoms with Crippen LogP contribution in [0.2, 0.25) is 0 Å². The average molecular weight is 199 g/mol. The summed E-state index contributed by atoms with van der Waals surface area (Å²) in [5, 5.41) is 7.11. The third kappa shape index (κ3) is 2.87. The van der Waals surface area contributed by atoms with Gasteiger partial charge in [0.05, 0.1) is 0 Å². The molecule has 3 N–H and O–H groups in total. The molecule has 0 unspecified atom stereocenters. The molecule has 0 bridgehead atoms. The van der Waals surface area contributed by atoms with Crippen molar-refractivity contribution in [1.82, 2.24) is 0 Å². The van der Waals surface area contributed by atoms with Gasteiger partial charge in [0.1, 0.15) is 5.84 Å². The first-order chi connectivity index (χ1) is 5.61. The van der Waals surface area contributed by atoms with E-state index in [1.807, 2.05) is 0 Å². The highest BCUT2D eigenvalue weighted by Gasteiger charge is 1.99. The van der Waals surface area contributed by atoms with Crippen molar-refractivity contribution in [3.05, 3.63) is 35.4 Å². The van der Waals surface area contributed by atoms with Gasteiger partial charge in [-0.05, 0) is 6.92 Å². The second-order valence-electron chi connectivity index (χ2n) is 2.55. The van der Waals surface area contributed by atoms with Gasteiger partial charge in [0, 0.05) is 11.1 Å². The van der Waals surface area contributed by atoms with Crippen molar-refractivity contribution >= 4 is 24.0 Å². The normalized spacial score (nSPS) is 8.69. The largest absolute Gasteiger partial charge is 0.384 e. The molecule has 0 saturated heterocycles. The van der Waals surface area contributed by atoms with Gasteiger partial charge < -0.3 is 5.73 Å². The lowest BCUT2D eigenvalue weighted by Crippen LogP contribution is -2.10. The van der Waals surface area contributed by atoms with Gasteiger partial charge in [-0.1, -0.05) is 24.3 Å². The van der Waals surface area contributed by atoms with Gasteiger partial charge in [-0.25, -0.2) is 0 Å². The van der Waals surface area contributed by atoms with Crippen LogP contribution in [0.3, 0.4) is 0 Å². The lowest BCUT2D eigenvalue weighted by Gasteiger charge is -1.98. The van der Waals surface area contributed by atoms with Crippen LogP contribution in [-0.4, -0.2) is 11.6 Å². The van der Waals surface area contributed by atoms with Crippen molar-refractivity contribution in [1.29, 1.82) is 5.41 Å². The zero-order valence-corrected chi connectivity index (χ0v) is 8.02. The van der Waals surface area contributed by atoms with Crippen LogP contribution in [-0.2, 0) is 0 Å². The second kappa shape index (κ2) is 4.62. The number of carbonyl (C=O) groups excluding carboxylic acids is 1. The smallest absolute Gasteiger partial charge is 0.159 e. The third-order valence-corrected chi connectivity index (χ3v) is 1.60. The molecule has 0 saturated carbocycles. The summed E-state index contributed by atoms with van der Waals surface area (Å²) < 4.78 is 0. The number of hydrogen-bond donors (Lipinski definition) is 2. The fourth-order valence-corrected chi connectivity index (χ4v) is 0.884. The van der Waals surface area contributed by atoms with Crippen LogP contribution >= 0.6 is 12.4 Å². The van der Waals surface area contributed by atoms with Crippen molar-refractivity contribution < 1.29 is 4.79 Å². The Morgan fingerprint density at radius 3 is 1.92 bits per heavy atom. The van der Waals surface area contributed by atoms with Crippen LogP contribution < -0.4 is 5.73 Å². The van der Waals surface area contributed by atoms with Crippen molar-refractivity contribution in [2.24, 2.45) is 5.73 Å². The monoisotopic (exact) mass is 198 g/mol. The summed E-state index contributed by atoms with van der Waals surface area (Å²) in [5.41, 5.74) is 6.52. The van der Waals surface area contributed by atoms with E-state index in [9.17, 15) is 4.79 Å².